The van der Waals surface area contributed by atoms with Gasteiger partial charge in [0.1, 0.15) is 5.82 Å². The molecule has 0 aromatic carbocycles. The van der Waals surface area contributed by atoms with E-state index in [4.69, 9.17) is 21.7 Å². The van der Waals surface area contributed by atoms with Crippen molar-refractivity contribution < 1.29 is 9.47 Å². The fourth-order valence-electron chi connectivity index (χ4n) is 3.13. The van der Waals surface area contributed by atoms with Crippen molar-refractivity contribution in [3.05, 3.63) is 6.07 Å². The zero-order valence-electron chi connectivity index (χ0n) is 15.0. The van der Waals surface area contributed by atoms with Crippen LogP contribution in [-0.4, -0.2) is 54.5 Å². The first kappa shape index (κ1) is 18.1. The van der Waals surface area contributed by atoms with E-state index in [1.54, 1.807) is 7.11 Å². The van der Waals surface area contributed by atoms with E-state index in [-0.39, 0.29) is 6.10 Å². The quantitative estimate of drug-likeness (QED) is 0.770. The summed E-state index contributed by atoms with van der Waals surface area (Å²) in [6.45, 7) is 5.84. The van der Waals surface area contributed by atoms with Gasteiger partial charge in [-0.3, -0.25) is 0 Å². The lowest BCUT2D eigenvalue weighted by molar-refractivity contribution is 0.114. The summed E-state index contributed by atoms with van der Waals surface area (Å²) in [4.78, 5) is 11.2. The maximum atomic E-state index is 5.59. The number of ether oxygens (including phenoxy) is 2. The molecule has 0 aliphatic carbocycles. The fourth-order valence-corrected chi connectivity index (χ4v) is 3.31. The molecule has 0 saturated carbocycles. The zero-order valence-corrected chi connectivity index (χ0v) is 15.8. The largest absolute Gasteiger partial charge is 0.481 e. The standard InChI is InChI=1S/C17H27N5O2S/c1-12-5-7-22(8-6-12)14-10-15(23-2)20-16(19-14)21-17(25)18-11-13-4-3-9-24-13/h10,12-13H,3-9,11H2,1-2H3,(H2,18,19,20,21,25). The molecule has 3 rings (SSSR count). The zero-order chi connectivity index (χ0) is 17.6. The van der Waals surface area contributed by atoms with Gasteiger partial charge in [-0.25, -0.2) is 0 Å². The minimum atomic E-state index is 0.233. The average molecular weight is 366 g/mol. The van der Waals surface area contributed by atoms with E-state index < -0.39 is 0 Å². The highest BCUT2D eigenvalue weighted by atomic mass is 32.1. The first-order valence-corrected chi connectivity index (χ1v) is 9.39. The van der Waals surface area contributed by atoms with Gasteiger partial charge in [0.25, 0.3) is 0 Å². The van der Waals surface area contributed by atoms with Crippen LogP contribution < -0.4 is 20.3 Å². The maximum Gasteiger partial charge on any atom is 0.234 e. The van der Waals surface area contributed by atoms with Crippen molar-refractivity contribution in [1.29, 1.82) is 0 Å². The highest BCUT2D eigenvalue weighted by Gasteiger charge is 2.19. The van der Waals surface area contributed by atoms with E-state index in [1.807, 2.05) is 6.07 Å². The second-order valence-corrected chi connectivity index (χ2v) is 7.14. The Hall–Kier alpha value is -1.67. The molecular weight excluding hydrogens is 338 g/mol. The van der Waals surface area contributed by atoms with Gasteiger partial charge in [0.2, 0.25) is 11.8 Å². The number of rotatable bonds is 5. The Balaban J connectivity index is 1.61. The van der Waals surface area contributed by atoms with Crippen LogP contribution in [-0.2, 0) is 4.74 Å². The van der Waals surface area contributed by atoms with Crippen LogP contribution in [0.2, 0.25) is 0 Å². The van der Waals surface area contributed by atoms with Crippen molar-refractivity contribution in [3.8, 4) is 5.88 Å². The van der Waals surface area contributed by atoms with Crippen molar-refractivity contribution in [2.24, 2.45) is 5.92 Å². The maximum absolute atomic E-state index is 5.59. The Morgan fingerprint density at radius 2 is 2.16 bits per heavy atom. The number of nitrogens with zero attached hydrogens (tertiary/aromatic N) is 3. The van der Waals surface area contributed by atoms with Gasteiger partial charge in [-0.05, 0) is 43.8 Å². The topological polar surface area (TPSA) is 71.5 Å². The molecule has 25 heavy (non-hydrogen) atoms. The number of nitrogens with one attached hydrogen (secondary N) is 2. The van der Waals surface area contributed by atoms with E-state index in [2.05, 4.69) is 32.4 Å². The molecule has 1 aromatic heterocycles. The molecule has 0 amide bonds. The number of piperidine rings is 1. The number of thiocarbonyl (C=S) groups is 1. The molecule has 7 nitrogen and oxygen atoms in total. The molecule has 2 aliphatic rings. The number of hydrogen-bond donors (Lipinski definition) is 2. The minimum absolute atomic E-state index is 0.233. The van der Waals surface area contributed by atoms with Gasteiger partial charge in [0, 0.05) is 32.3 Å². The van der Waals surface area contributed by atoms with E-state index in [0.29, 0.717) is 23.5 Å². The molecule has 2 N–H and O–H groups in total. The summed E-state index contributed by atoms with van der Waals surface area (Å²) in [6.07, 6.45) is 4.77. The van der Waals surface area contributed by atoms with Gasteiger partial charge in [-0.15, -0.1) is 0 Å². The van der Waals surface area contributed by atoms with Crippen molar-refractivity contribution in [3.63, 3.8) is 0 Å². The Kier molecular flexibility index (Phi) is 6.25. The summed E-state index contributed by atoms with van der Waals surface area (Å²) >= 11 is 5.35. The molecule has 1 aromatic rings. The van der Waals surface area contributed by atoms with Crippen LogP contribution in [0.5, 0.6) is 5.88 Å². The molecule has 0 spiro atoms. The normalized spacial score (nSPS) is 21.2. The number of anilines is 2. The Morgan fingerprint density at radius 1 is 1.36 bits per heavy atom. The summed E-state index contributed by atoms with van der Waals surface area (Å²) in [5.74, 6) is 2.64. The van der Waals surface area contributed by atoms with Crippen LogP contribution >= 0.6 is 12.2 Å². The molecule has 3 heterocycles. The summed E-state index contributed by atoms with van der Waals surface area (Å²) in [5, 5.41) is 6.74. The third-order valence-corrected chi connectivity index (χ3v) is 4.99. The van der Waals surface area contributed by atoms with Gasteiger partial charge in [0.05, 0.1) is 13.2 Å². The van der Waals surface area contributed by atoms with Crippen molar-refractivity contribution in [1.82, 2.24) is 15.3 Å². The van der Waals surface area contributed by atoms with Crippen molar-refractivity contribution in [2.75, 3.05) is 43.6 Å². The molecule has 8 heteroatoms. The molecule has 2 aliphatic heterocycles. The summed E-state index contributed by atoms with van der Waals surface area (Å²) in [6, 6.07) is 1.88. The summed E-state index contributed by atoms with van der Waals surface area (Å²) in [5.41, 5.74) is 0. The number of aromatic nitrogens is 2. The van der Waals surface area contributed by atoms with Crippen LogP contribution in [0.25, 0.3) is 0 Å². The van der Waals surface area contributed by atoms with Gasteiger partial charge in [-0.2, -0.15) is 9.97 Å². The third kappa shape index (κ3) is 5.15. The van der Waals surface area contributed by atoms with Crippen molar-refractivity contribution >= 4 is 29.1 Å². The molecule has 0 radical (unpaired) electrons. The lowest BCUT2D eigenvalue weighted by Crippen LogP contribution is -2.36. The van der Waals surface area contributed by atoms with Gasteiger partial charge >= 0.3 is 0 Å². The lowest BCUT2D eigenvalue weighted by atomic mass is 9.99. The first-order chi connectivity index (χ1) is 12.1. The Labute approximate surface area is 154 Å². The number of hydrogen-bond acceptors (Lipinski definition) is 6. The van der Waals surface area contributed by atoms with Crippen LogP contribution in [0.3, 0.4) is 0 Å². The molecule has 1 atom stereocenters. The molecule has 1 unspecified atom stereocenters. The Bertz CT molecular complexity index is 586. The Morgan fingerprint density at radius 3 is 2.84 bits per heavy atom. The van der Waals surface area contributed by atoms with Gasteiger partial charge in [0.15, 0.2) is 5.11 Å². The van der Waals surface area contributed by atoms with E-state index in [9.17, 15) is 0 Å². The van der Waals surface area contributed by atoms with Crippen LogP contribution in [0, 0.1) is 5.92 Å². The monoisotopic (exact) mass is 365 g/mol. The first-order valence-electron chi connectivity index (χ1n) is 8.98. The van der Waals surface area contributed by atoms with Gasteiger partial charge < -0.3 is 25.0 Å². The van der Waals surface area contributed by atoms with Crippen LogP contribution in [0.1, 0.15) is 32.6 Å². The predicted molar refractivity (Wildman–Crippen MR) is 102 cm³/mol. The smallest absolute Gasteiger partial charge is 0.234 e. The van der Waals surface area contributed by atoms with E-state index in [1.165, 1.54) is 12.8 Å². The molecule has 2 fully saturated rings. The predicted octanol–water partition coefficient (Wildman–Crippen LogP) is 2.19. The average Bonchev–Trinajstić information content (AvgIpc) is 3.14. The number of methoxy groups -OCH3 is 1. The molecular formula is C17H27N5O2S. The summed E-state index contributed by atoms with van der Waals surface area (Å²) < 4.78 is 10.9. The molecule has 138 valence electrons. The third-order valence-electron chi connectivity index (χ3n) is 4.75. The van der Waals surface area contributed by atoms with Gasteiger partial charge in [-0.1, -0.05) is 6.92 Å². The van der Waals surface area contributed by atoms with Crippen LogP contribution in [0.4, 0.5) is 11.8 Å². The van der Waals surface area contributed by atoms with E-state index in [0.717, 1.165) is 44.3 Å². The highest BCUT2D eigenvalue weighted by Crippen LogP contribution is 2.25. The summed E-state index contributed by atoms with van der Waals surface area (Å²) in [7, 11) is 1.61. The highest BCUT2D eigenvalue weighted by molar-refractivity contribution is 7.80. The SMILES string of the molecule is COc1cc(N2CCC(C)CC2)nc(NC(=S)NCC2CCCO2)n1. The second-order valence-electron chi connectivity index (χ2n) is 6.73. The molecule has 2 saturated heterocycles. The lowest BCUT2D eigenvalue weighted by Gasteiger charge is -2.31. The van der Waals surface area contributed by atoms with E-state index >= 15 is 0 Å². The van der Waals surface area contributed by atoms with Crippen molar-refractivity contribution in [2.45, 2.75) is 38.7 Å². The minimum Gasteiger partial charge on any atom is -0.481 e. The fraction of sp³-hybridized carbons (Fsp3) is 0.706. The van der Waals surface area contributed by atoms with Crippen LogP contribution in [0.15, 0.2) is 6.07 Å². The second kappa shape index (κ2) is 8.62. The molecule has 0 bridgehead atoms.